The van der Waals surface area contributed by atoms with Gasteiger partial charge in [0.15, 0.2) is 0 Å². The van der Waals surface area contributed by atoms with Crippen LogP contribution >= 0.6 is 0 Å². The summed E-state index contributed by atoms with van der Waals surface area (Å²) < 4.78 is 35.1. The highest BCUT2D eigenvalue weighted by Gasteiger charge is 2.09. The van der Waals surface area contributed by atoms with Crippen LogP contribution in [0.15, 0.2) is 53.4 Å². The van der Waals surface area contributed by atoms with Gasteiger partial charge in [0.1, 0.15) is 5.82 Å². The molecule has 2 rings (SSSR count). The number of rotatable bonds is 6. The highest BCUT2D eigenvalue weighted by molar-refractivity contribution is 7.89. The van der Waals surface area contributed by atoms with Crippen LogP contribution < -0.4 is 21.1 Å². The van der Waals surface area contributed by atoms with Gasteiger partial charge in [0.25, 0.3) is 0 Å². The van der Waals surface area contributed by atoms with E-state index in [4.69, 9.17) is 5.14 Å². The number of primary sulfonamides is 1. The molecule has 0 radical (unpaired) electrons. The third-order valence-electron chi connectivity index (χ3n) is 3.24. The van der Waals surface area contributed by atoms with Crippen LogP contribution in [0.2, 0.25) is 0 Å². The fraction of sp³-hybridized carbons (Fsp3) is 0.125. The third kappa shape index (κ3) is 6.15. The lowest BCUT2D eigenvalue weighted by Crippen LogP contribution is -2.39. The number of halogens is 1. The molecule has 0 unspecified atom stereocenters. The largest absolute Gasteiger partial charge is 0.334 e. The summed E-state index contributed by atoms with van der Waals surface area (Å²) in [6, 6.07) is 10.3. The van der Waals surface area contributed by atoms with Gasteiger partial charge >= 0.3 is 6.03 Å². The van der Waals surface area contributed by atoms with Crippen molar-refractivity contribution in [2.24, 2.45) is 5.14 Å². The standard InChI is InChI=1S/C16H17FN4O4S/c17-12-3-1-11(2-4-12)9-19-16(23)20-10-15(22)21-13-5-7-14(8-6-13)26(18,24)25/h1-8H,9-10H2,(H,21,22)(H2,18,24,25)(H2,19,20,23). The molecule has 0 aliphatic heterocycles. The highest BCUT2D eigenvalue weighted by Crippen LogP contribution is 2.12. The minimum atomic E-state index is -3.80. The number of hydrogen-bond acceptors (Lipinski definition) is 4. The predicted molar refractivity (Wildman–Crippen MR) is 93.1 cm³/mol. The second-order valence-electron chi connectivity index (χ2n) is 5.28. The van der Waals surface area contributed by atoms with Crippen molar-refractivity contribution >= 4 is 27.6 Å². The zero-order valence-corrected chi connectivity index (χ0v) is 14.3. The quantitative estimate of drug-likeness (QED) is 0.593. The normalized spacial score (nSPS) is 10.8. The smallest absolute Gasteiger partial charge is 0.315 e. The average molecular weight is 380 g/mol. The lowest BCUT2D eigenvalue weighted by molar-refractivity contribution is -0.115. The number of urea groups is 1. The van der Waals surface area contributed by atoms with Crippen molar-refractivity contribution in [3.63, 3.8) is 0 Å². The zero-order valence-electron chi connectivity index (χ0n) is 13.5. The molecule has 0 atom stereocenters. The Morgan fingerprint density at radius 3 is 2.15 bits per heavy atom. The zero-order chi connectivity index (χ0) is 19.2. The maximum Gasteiger partial charge on any atom is 0.315 e. The van der Waals surface area contributed by atoms with Crippen molar-refractivity contribution in [2.45, 2.75) is 11.4 Å². The highest BCUT2D eigenvalue weighted by atomic mass is 32.2. The minimum Gasteiger partial charge on any atom is -0.334 e. The average Bonchev–Trinajstić information content (AvgIpc) is 2.59. The maximum absolute atomic E-state index is 12.8. The van der Waals surface area contributed by atoms with Gasteiger partial charge in [-0.3, -0.25) is 4.79 Å². The Labute approximate surface area is 149 Å². The molecule has 138 valence electrons. The second-order valence-corrected chi connectivity index (χ2v) is 6.84. The number of carbonyl (C=O) groups excluding carboxylic acids is 2. The van der Waals surface area contributed by atoms with Crippen LogP contribution in [0.25, 0.3) is 0 Å². The topological polar surface area (TPSA) is 130 Å². The summed E-state index contributed by atoms with van der Waals surface area (Å²) in [4.78, 5) is 23.3. The van der Waals surface area contributed by atoms with Crippen LogP contribution in [0.4, 0.5) is 14.9 Å². The molecule has 0 aromatic heterocycles. The molecule has 2 aromatic rings. The summed E-state index contributed by atoms with van der Waals surface area (Å²) >= 11 is 0. The van der Waals surface area contributed by atoms with Crippen LogP contribution in [0.3, 0.4) is 0 Å². The number of nitrogens with two attached hydrogens (primary N) is 1. The first kappa shape index (κ1) is 19.3. The van der Waals surface area contributed by atoms with Gasteiger partial charge in [-0.15, -0.1) is 0 Å². The van der Waals surface area contributed by atoms with Gasteiger partial charge in [-0.2, -0.15) is 0 Å². The number of hydrogen-bond donors (Lipinski definition) is 4. The van der Waals surface area contributed by atoms with Crippen molar-refractivity contribution < 1.29 is 22.4 Å². The van der Waals surface area contributed by atoms with E-state index in [0.717, 1.165) is 0 Å². The van der Waals surface area contributed by atoms with Crippen LogP contribution in [-0.2, 0) is 21.4 Å². The summed E-state index contributed by atoms with van der Waals surface area (Å²) in [7, 11) is -3.80. The SMILES string of the molecule is NS(=O)(=O)c1ccc(NC(=O)CNC(=O)NCc2ccc(F)cc2)cc1. The molecule has 8 nitrogen and oxygen atoms in total. The molecule has 5 N–H and O–H groups in total. The molecule has 0 saturated carbocycles. The van der Waals surface area contributed by atoms with Gasteiger partial charge in [0.2, 0.25) is 15.9 Å². The summed E-state index contributed by atoms with van der Waals surface area (Å²) in [5.74, 6) is -0.864. The summed E-state index contributed by atoms with van der Waals surface area (Å²) in [6.45, 7) is -0.102. The maximum atomic E-state index is 12.8. The van der Waals surface area contributed by atoms with E-state index in [1.807, 2.05) is 0 Å². The number of nitrogens with one attached hydrogen (secondary N) is 3. The first-order valence-corrected chi connectivity index (χ1v) is 8.97. The molecule has 3 amide bonds. The number of sulfonamides is 1. The van der Waals surface area contributed by atoms with E-state index in [1.165, 1.54) is 48.5 Å². The number of benzene rings is 2. The Hall–Kier alpha value is -2.98. The summed E-state index contributed by atoms with van der Waals surface area (Å²) in [6.07, 6.45) is 0. The van der Waals surface area contributed by atoms with Gasteiger partial charge in [-0.05, 0) is 42.0 Å². The van der Waals surface area contributed by atoms with E-state index in [-0.39, 0.29) is 23.8 Å². The van der Waals surface area contributed by atoms with Crippen molar-refractivity contribution in [1.29, 1.82) is 0 Å². The number of carbonyl (C=O) groups is 2. The van der Waals surface area contributed by atoms with E-state index in [9.17, 15) is 22.4 Å². The summed E-state index contributed by atoms with van der Waals surface area (Å²) in [5, 5.41) is 12.4. The lowest BCUT2D eigenvalue weighted by Gasteiger charge is -2.09. The molecular weight excluding hydrogens is 363 g/mol. The molecule has 0 aliphatic carbocycles. The Morgan fingerprint density at radius 2 is 1.58 bits per heavy atom. The molecule has 0 heterocycles. The Balaban J connectivity index is 1.75. The van der Waals surface area contributed by atoms with Crippen molar-refractivity contribution in [3.8, 4) is 0 Å². The molecule has 0 bridgehead atoms. The second kappa shape index (κ2) is 8.41. The third-order valence-corrected chi connectivity index (χ3v) is 4.17. The molecular formula is C16H17FN4O4S. The molecule has 0 spiro atoms. The number of amides is 3. The summed E-state index contributed by atoms with van der Waals surface area (Å²) in [5.41, 5.74) is 1.07. The fourth-order valence-electron chi connectivity index (χ4n) is 1.94. The van der Waals surface area contributed by atoms with Gasteiger partial charge in [-0.25, -0.2) is 22.7 Å². The van der Waals surface area contributed by atoms with E-state index in [1.54, 1.807) is 0 Å². The fourth-order valence-corrected chi connectivity index (χ4v) is 2.46. The Bertz CT molecular complexity index is 883. The Morgan fingerprint density at radius 1 is 0.962 bits per heavy atom. The minimum absolute atomic E-state index is 0.0752. The molecule has 2 aromatic carbocycles. The molecule has 10 heteroatoms. The van der Waals surface area contributed by atoms with Crippen molar-refractivity contribution in [1.82, 2.24) is 10.6 Å². The lowest BCUT2D eigenvalue weighted by atomic mass is 10.2. The monoisotopic (exact) mass is 380 g/mol. The van der Waals surface area contributed by atoms with Crippen molar-refractivity contribution in [3.05, 3.63) is 59.9 Å². The molecule has 26 heavy (non-hydrogen) atoms. The van der Waals surface area contributed by atoms with E-state index in [2.05, 4.69) is 16.0 Å². The first-order chi connectivity index (χ1) is 12.2. The van der Waals surface area contributed by atoms with Gasteiger partial charge in [-0.1, -0.05) is 12.1 Å². The van der Waals surface area contributed by atoms with Crippen molar-refractivity contribution in [2.75, 3.05) is 11.9 Å². The predicted octanol–water partition coefficient (Wildman–Crippen LogP) is 0.911. The van der Waals surface area contributed by atoms with Crippen LogP contribution in [-0.4, -0.2) is 26.9 Å². The molecule has 0 saturated heterocycles. The molecule has 0 fully saturated rings. The van der Waals surface area contributed by atoms with Gasteiger partial charge in [0, 0.05) is 12.2 Å². The van der Waals surface area contributed by atoms with Crippen LogP contribution in [0, 0.1) is 5.82 Å². The first-order valence-electron chi connectivity index (χ1n) is 7.43. The van der Waals surface area contributed by atoms with E-state index < -0.39 is 22.0 Å². The van der Waals surface area contributed by atoms with E-state index in [0.29, 0.717) is 11.3 Å². The van der Waals surface area contributed by atoms with Crippen LogP contribution in [0.1, 0.15) is 5.56 Å². The van der Waals surface area contributed by atoms with E-state index >= 15 is 0 Å². The number of anilines is 1. The Kier molecular flexibility index (Phi) is 6.26. The van der Waals surface area contributed by atoms with Gasteiger partial charge < -0.3 is 16.0 Å². The van der Waals surface area contributed by atoms with Gasteiger partial charge in [0.05, 0.1) is 11.4 Å². The van der Waals surface area contributed by atoms with Crippen LogP contribution in [0.5, 0.6) is 0 Å². The molecule has 0 aliphatic rings.